The highest BCUT2D eigenvalue weighted by Gasteiger charge is 2.16. The zero-order valence-electron chi connectivity index (χ0n) is 13.6. The molecule has 0 unspecified atom stereocenters. The molecule has 0 bridgehead atoms. The molecular weight excluding hydrogens is 304 g/mol. The standard InChI is InChI=1S/C19H20N2O3/c1-13-4-2-3-5-15(13)7-9-18(22)20-11-14-6-8-16-17(10-14)24-12-19(23)21-16/h2-6,8,10H,7,9,11-12H2,1H3,(H,20,22)(H,21,23). The number of aryl methyl sites for hydroxylation is 2. The number of hydrogen-bond donors (Lipinski definition) is 2. The number of hydrogen-bond acceptors (Lipinski definition) is 3. The van der Waals surface area contributed by atoms with Crippen LogP contribution in [0.4, 0.5) is 5.69 Å². The molecule has 2 amide bonds. The van der Waals surface area contributed by atoms with Crippen LogP contribution in [0.25, 0.3) is 0 Å². The van der Waals surface area contributed by atoms with E-state index in [1.54, 1.807) is 6.07 Å². The number of benzene rings is 2. The average Bonchev–Trinajstić information content (AvgIpc) is 2.59. The summed E-state index contributed by atoms with van der Waals surface area (Å²) in [5.74, 6) is 0.506. The Bertz CT molecular complexity index is 771. The third-order valence-electron chi connectivity index (χ3n) is 4.05. The van der Waals surface area contributed by atoms with Gasteiger partial charge < -0.3 is 15.4 Å². The van der Waals surface area contributed by atoms with E-state index in [1.807, 2.05) is 24.3 Å². The predicted octanol–water partition coefficient (Wildman–Crippen LogP) is 2.57. The zero-order chi connectivity index (χ0) is 16.9. The number of carbonyl (C=O) groups is 2. The Labute approximate surface area is 141 Å². The van der Waals surface area contributed by atoms with Gasteiger partial charge in [0.2, 0.25) is 5.91 Å². The number of nitrogens with one attached hydrogen (secondary N) is 2. The molecule has 0 saturated carbocycles. The SMILES string of the molecule is Cc1ccccc1CCC(=O)NCc1ccc2c(c1)OCC(=O)N2. The van der Waals surface area contributed by atoms with Crippen molar-refractivity contribution < 1.29 is 14.3 Å². The van der Waals surface area contributed by atoms with Crippen molar-refractivity contribution in [1.29, 1.82) is 0 Å². The normalized spacial score (nSPS) is 12.8. The molecule has 24 heavy (non-hydrogen) atoms. The molecule has 124 valence electrons. The smallest absolute Gasteiger partial charge is 0.262 e. The Kier molecular flexibility index (Phi) is 4.79. The van der Waals surface area contributed by atoms with Gasteiger partial charge in [0.05, 0.1) is 5.69 Å². The van der Waals surface area contributed by atoms with E-state index in [9.17, 15) is 9.59 Å². The lowest BCUT2D eigenvalue weighted by Crippen LogP contribution is -2.26. The van der Waals surface area contributed by atoms with Gasteiger partial charge in [-0.3, -0.25) is 9.59 Å². The summed E-state index contributed by atoms with van der Waals surface area (Å²) in [7, 11) is 0. The lowest BCUT2D eigenvalue weighted by atomic mass is 10.0. The van der Waals surface area contributed by atoms with Crippen molar-refractivity contribution in [2.75, 3.05) is 11.9 Å². The molecular formula is C19H20N2O3. The minimum absolute atomic E-state index is 0.0187. The van der Waals surface area contributed by atoms with Crippen LogP contribution >= 0.6 is 0 Å². The first kappa shape index (κ1) is 16.1. The summed E-state index contributed by atoms with van der Waals surface area (Å²) in [5.41, 5.74) is 4.01. The quantitative estimate of drug-likeness (QED) is 0.888. The maximum absolute atomic E-state index is 12.0. The maximum atomic E-state index is 12.0. The number of carbonyl (C=O) groups excluding carboxylic acids is 2. The number of ether oxygens (including phenoxy) is 1. The topological polar surface area (TPSA) is 67.4 Å². The molecule has 2 aromatic rings. The van der Waals surface area contributed by atoms with E-state index < -0.39 is 0 Å². The molecule has 0 radical (unpaired) electrons. The van der Waals surface area contributed by atoms with Gasteiger partial charge in [0, 0.05) is 13.0 Å². The molecule has 5 heteroatoms. The second-order valence-corrected chi connectivity index (χ2v) is 5.87. The summed E-state index contributed by atoms with van der Waals surface area (Å²) in [6, 6.07) is 13.6. The highest BCUT2D eigenvalue weighted by Crippen LogP contribution is 2.28. The summed E-state index contributed by atoms with van der Waals surface area (Å²) < 4.78 is 5.38. The Morgan fingerprint density at radius 3 is 2.92 bits per heavy atom. The fraction of sp³-hybridized carbons (Fsp3) is 0.263. The summed E-state index contributed by atoms with van der Waals surface area (Å²) in [6.45, 7) is 2.52. The van der Waals surface area contributed by atoms with Crippen molar-refractivity contribution in [1.82, 2.24) is 5.32 Å². The first-order chi connectivity index (χ1) is 11.6. The van der Waals surface area contributed by atoms with Gasteiger partial charge in [-0.2, -0.15) is 0 Å². The lowest BCUT2D eigenvalue weighted by Gasteiger charge is -2.18. The van der Waals surface area contributed by atoms with Crippen LogP contribution < -0.4 is 15.4 Å². The highest BCUT2D eigenvalue weighted by molar-refractivity contribution is 5.95. The fourth-order valence-electron chi connectivity index (χ4n) is 2.66. The van der Waals surface area contributed by atoms with E-state index in [-0.39, 0.29) is 18.4 Å². The van der Waals surface area contributed by atoms with E-state index in [0.29, 0.717) is 24.4 Å². The molecule has 2 N–H and O–H groups in total. The Hall–Kier alpha value is -2.82. The number of amides is 2. The number of rotatable bonds is 5. The molecule has 1 aliphatic heterocycles. The van der Waals surface area contributed by atoms with E-state index >= 15 is 0 Å². The van der Waals surface area contributed by atoms with E-state index in [2.05, 4.69) is 29.7 Å². The second kappa shape index (κ2) is 7.17. The second-order valence-electron chi connectivity index (χ2n) is 5.87. The molecule has 3 rings (SSSR count). The summed E-state index contributed by atoms with van der Waals surface area (Å²) in [4.78, 5) is 23.3. The van der Waals surface area contributed by atoms with Crippen LogP contribution in [0.5, 0.6) is 5.75 Å². The molecule has 0 fully saturated rings. The fourth-order valence-corrected chi connectivity index (χ4v) is 2.66. The largest absolute Gasteiger partial charge is 0.482 e. The number of anilines is 1. The monoisotopic (exact) mass is 324 g/mol. The van der Waals surface area contributed by atoms with E-state index in [0.717, 1.165) is 12.0 Å². The van der Waals surface area contributed by atoms with Crippen molar-refractivity contribution in [2.24, 2.45) is 0 Å². The van der Waals surface area contributed by atoms with Crippen molar-refractivity contribution in [2.45, 2.75) is 26.3 Å². The highest BCUT2D eigenvalue weighted by atomic mass is 16.5. The molecule has 0 aliphatic carbocycles. The van der Waals surface area contributed by atoms with Crippen LogP contribution in [-0.2, 0) is 22.6 Å². The minimum atomic E-state index is -0.153. The predicted molar refractivity (Wildman–Crippen MR) is 91.9 cm³/mol. The third-order valence-corrected chi connectivity index (χ3v) is 4.05. The van der Waals surface area contributed by atoms with Crippen LogP contribution in [0.2, 0.25) is 0 Å². The molecule has 0 aromatic heterocycles. The van der Waals surface area contributed by atoms with Gasteiger partial charge in [-0.15, -0.1) is 0 Å². The third kappa shape index (κ3) is 3.93. The van der Waals surface area contributed by atoms with Gasteiger partial charge in [0.15, 0.2) is 6.61 Å². The van der Waals surface area contributed by atoms with Gasteiger partial charge in [-0.1, -0.05) is 30.3 Å². The van der Waals surface area contributed by atoms with E-state index in [4.69, 9.17) is 4.74 Å². The number of fused-ring (bicyclic) bond motifs is 1. The summed E-state index contributed by atoms with van der Waals surface area (Å²) in [5, 5.41) is 5.67. The molecule has 1 heterocycles. The van der Waals surface area contributed by atoms with Crippen LogP contribution in [-0.4, -0.2) is 18.4 Å². The van der Waals surface area contributed by atoms with E-state index in [1.165, 1.54) is 11.1 Å². The molecule has 1 aliphatic rings. The summed E-state index contributed by atoms with van der Waals surface area (Å²) >= 11 is 0. The van der Waals surface area contributed by atoms with Gasteiger partial charge in [0.1, 0.15) is 5.75 Å². The molecule has 5 nitrogen and oxygen atoms in total. The van der Waals surface area contributed by atoms with Gasteiger partial charge in [-0.05, 0) is 42.2 Å². The Balaban J connectivity index is 1.51. The van der Waals surface area contributed by atoms with Crippen LogP contribution in [0.15, 0.2) is 42.5 Å². The zero-order valence-corrected chi connectivity index (χ0v) is 13.6. The lowest BCUT2D eigenvalue weighted by molar-refractivity contribution is -0.121. The van der Waals surface area contributed by atoms with Crippen molar-refractivity contribution >= 4 is 17.5 Å². The van der Waals surface area contributed by atoms with Crippen molar-refractivity contribution in [3.8, 4) is 5.75 Å². The van der Waals surface area contributed by atoms with Crippen molar-refractivity contribution in [3.63, 3.8) is 0 Å². The molecule has 0 spiro atoms. The van der Waals surface area contributed by atoms with Gasteiger partial charge in [0.25, 0.3) is 5.91 Å². The first-order valence-corrected chi connectivity index (χ1v) is 7.98. The first-order valence-electron chi connectivity index (χ1n) is 7.98. The van der Waals surface area contributed by atoms with Crippen molar-refractivity contribution in [3.05, 3.63) is 59.2 Å². The maximum Gasteiger partial charge on any atom is 0.262 e. The van der Waals surface area contributed by atoms with Crippen LogP contribution in [0.3, 0.4) is 0 Å². The summed E-state index contributed by atoms with van der Waals surface area (Å²) in [6.07, 6.45) is 1.19. The van der Waals surface area contributed by atoms with Crippen LogP contribution in [0.1, 0.15) is 23.1 Å². The molecule has 2 aromatic carbocycles. The molecule has 0 saturated heterocycles. The van der Waals surface area contributed by atoms with Gasteiger partial charge >= 0.3 is 0 Å². The average molecular weight is 324 g/mol. The Morgan fingerprint density at radius 1 is 1.25 bits per heavy atom. The Morgan fingerprint density at radius 2 is 2.08 bits per heavy atom. The van der Waals surface area contributed by atoms with Gasteiger partial charge in [-0.25, -0.2) is 0 Å². The van der Waals surface area contributed by atoms with Crippen LogP contribution in [0, 0.1) is 6.92 Å². The minimum Gasteiger partial charge on any atom is -0.482 e. The molecule has 0 atom stereocenters.